The van der Waals surface area contributed by atoms with Crippen LogP contribution in [0.2, 0.25) is 0 Å². The minimum Gasteiger partial charge on any atom is -0.282 e. The summed E-state index contributed by atoms with van der Waals surface area (Å²) in [5.74, 6) is 0.336. The van der Waals surface area contributed by atoms with Crippen molar-refractivity contribution in [3.8, 4) is 0 Å². The standard InChI is InChI=1S/C24H22FN3OS2/c1-16-13-21-22(14-17(16)2)31-24(27-21)28(15-19-5-3-4-11-26-19)23(29)10-12-30-20-8-6-18(25)7-9-20/h3-9,11,13-14H,10,12,15H2,1-2H3. The molecule has 1 amide bonds. The molecule has 0 saturated heterocycles. The molecule has 0 unspecified atom stereocenters. The van der Waals surface area contributed by atoms with Crippen molar-refractivity contribution in [2.45, 2.75) is 31.7 Å². The number of aryl methyl sites for hydroxylation is 2. The van der Waals surface area contributed by atoms with Gasteiger partial charge < -0.3 is 0 Å². The number of anilines is 1. The van der Waals surface area contributed by atoms with Crippen molar-refractivity contribution >= 4 is 44.4 Å². The van der Waals surface area contributed by atoms with Gasteiger partial charge in [0.1, 0.15) is 5.82 Å². The van der Waals surface area contributed by atoms with E-state index in [2.05, 4.69) is 31.0 Å². The highest BCUT2D eigenvalue weighted by atomic mass is 32.2. The highest BCUT2D eigenvalue weighted by Gasteiger charge is 2.21. The molecule has 0 fully saturated rings. The van der Waals surface area contributed by atoms with Crippen molar-refractivity contribution in [2.24, 2.45) is 0 Å². The molecule has 7 heteroatoms. The van der Waals surface area contributed by atoms with Gasteiger partial charge in [-0.1, -0.05) is 17.4 Å². The van der Waals surface area contributed by atoms with Crippen LogP contribution >= 0.6 is 23.1 Å². The molecule has 31 heavy (non-hydrogen) atoms. The van der Waals surface area contributed by atoms with E-state index in [0.717, 1.165) is 20.8 Å². The number of aromatic nitrogens is 2. The Balaban J connectivity index is 1.55. The largest absolute Gasteiger partial charge is 0.282 e. The molecule has 0 N–H and O–H groups in total. The Morgan fingerprint density at radius 1 is 1.10 bits per heavy atom. The van der Waals surface area contributed by atoms with Crippen molar-refractivity contribution in [2.75, 3.05) is 10.7 Å². The number of hydrogen-bond donors (Lipinski definition) is 0. The predicted molar refractivity (Wildman–Crippen MR) is 126 cm³/mol. The van der Waals surface area contributed by atoms with Gasteiger partial charge in [0.15, 0.2) is 5.13 Å². The zero-order chi connectivity index (χ0) is 21.8. The first kappa shape index (κ1) is 21.5. The minimum atomic E-state index is -0.261. The van der Waals surface area contributed by atoms with E-state index in [-0.39, 0.29) is 11.7 Å². The Kier molecular flexibility index (Phi) is 6.63. The van der Waals surface area contributed by atoms with Gasteiger partial charge in [-0.25, -0.2) is 9.37 Å². The van der Waals surface area contributed by atoms with Crippen LogP contribution in [0.3, 0.4) is 0 Å². The minimum absolute atomic E-state index is 0.00670. The highest BCUT2D eigenvalue weighted by molar-refractivity contribution is 7.99. The van der Waals surface area contributed by atoms with Gasteiger partial charge in [0, 0.05) is 23.3 Å². The lowest BCUT2D eigenvalue weighted by molar-refractivity contribution is -0.118. The van der Waals surface area contributed by atoms with E-state index < -0.39 is 0 Å². The molecule has 158 valence electrons. The third-order valence-corrected chi connectivity index (χ3v) is 7.02. The summed E-state index contributed by atoms with van der Waals surface area (Å²) in [6.45, 7) is 4.52. The van der Waals surface area contributed by atoms with Gasteiger partial charge in [0.2, 0.25) is 5.91 Å². The van der Waals surface area contributed by atoms with Gasteiger partial charge in [-0.2, -0.15) is 0 Å². The topological polar surface area (TPSA) is 46.1 Å². The third kappa shape index (κ3) is 5.29. The molecule has 4 aromatic rings. The Morgan fingerprint density at radius 3 is 2.61 bits per heavy atom. The van der Waals surface area contributed by atoms with Crippen LogP contribution in [0.25, 0.3) is 10.2 Å². The molecule has 2 heterocycles. The van der Waals surface area contributed by atoms with E-state index in [1.54, 1.807) is 23.2 Å². The maximum absolute atomic E-state index is 13.2. The van der Waals surface area contributed by atoms with Crippen LogP contribution in [0.15, 0.2) is 65.7 Å². The molecule has 0 bridgehead atoms. The van der Waals surface area contributed by atoms with E-state index in [0.29, 0.717) is 23.8 Å². The van der Waals surface area contributed by atoms with Crippen LogP contribution in [-0.4, -0.2) is 21.6 Å². The van der Waals surface area contributed by atoms with Gasteiger partial charge >= 0.3 is 0 Å². The van der Waals surface area contributed by atoms with Crippen LogP contribution < -0.4 is 4.90 Å². The van der Waals surface area contributed by atoms with E-state index in [9.17, 15) is 9.18 Å². The molecule has 0 saturated carbocycles. The van der Waals surface area contributed by atoms with Gasteiger partial charge in [-0.3, -0.25) is 14.7 Å². The summed E-state index contributed by atoms with van der Waals surface area (Å²) in [5.41, 5.74) is 4.11. The zero-order valence-corrected chi connectivity index (χ0v) is 19.0. The van der Waals surface area contributed by atoms with Crippen LogP contribution in [0.1, 0.15) is 23.2 Å². The summed E-state index contributed by atoms with van der Waals surface area (Å²) in [6.07, 6.45) is 2.08. The number of nitrogens with zero attached hydrogens (tertiary/aromatic N) is 3. The Labute approximate surface area is 189 Å². The van der Waals surface area contributed by atoms with E-state index in [1.165, 1.54) is 46.4 Å². The van der Waals surface area contributed by atoms with Crippen molar-refractivity contribution in [3.05, 3.63) is 83.4 Å². The molecule has 4 nitrogen and oxygen atoms in total. The number of halogens is 1. The van der Waals surface area contributed by atoms with Crippen molar-refractivity contribution < 1.29 is 9.18 Å². The van der Waals surface area contributed by atoms with Crippen LogP contribution in [-0.2, 0) is 11.3 Å². The molecular formula is C24H22FN3OS2. The van der Waals surface area contributed by atoms with Gasteiger partial charge in [0.25, 0.3) is 0 Å². The smallest absolute Gasteiger partial charge is 0.229 e. The first-order chi connectivity index (χ1) is 15.0. The zero-order valence-electron chi connectivity index (χ0n) is 17.3. The lowest BCUT2D eigenvalue weighted by Crippen LogP contribution is -2.30. The molecule has 0 aliphatic rings. The number of pyridine rings is 1. The molecular weight excluding hydrogens is 429 g/mol. The summed E-state index contributed by atoms with van der Waals surface area (Å²) in [5, 5.41) is 0.683. The Hall–Kier alpha value is -2.77. The van der Waals surface area contributed by atoms with Crippen LogP contribution in [0.5, 0.6) is 0 Å². The normalized spacial score (nSPS) is 11.1. The van der Waals surface area contributed by atoms with Crippen LogP contribution in [0.4, 0.5) is 9.52 Å². The first-order valence-corrected chi connectivity index (χ1v) is 11.8. The van der Waals surface area contributed by atoms with E-state index >= 15 is 0 Å². The maximum Gasteiger partial charge on any atom is 0.229 e. The number of fused-ring (bicyclic) bond motifs is 1. The Morgan fingerprint density at radius 2 is 1.87 bits per heavy atom. The van der Waals surface area contributed by atoms with Crippen molar-refractivity contribution in [3.63, 3.8) is 0 Å². The second-order valence-corrected chi connectivity index (χ2v) is 9.43. The number of benzene rings is 2. The van der Waals surface area contributed by atoms with E-state index in [4.69, 9.17) is 4.98 Å². The average molecular weight is 452 g/mol. The molecule has 0 aliphatic heterocycles. The second kappa shape index (κ2) is 9.58. The molecule has 0 atom stereocenters. The summed E-state index contributed by atoms with van der Waals surface area (Å²) in [6, 6.07) is 16.2. The molecule has 0 aliphatic carbocycles. The summed E-state index contributed by atoms with van der Waals surface area (Å²) >= 11 is 3.06. The number of carbonyl (C=O) groups is 1. The second-order valence-electron chi connectivity index (χ2n) is 7.25. The third-order valence-electron chi connectivity index (χ3n) is 4.97. The summed E-state index contributed by atoms with van der Waals surface area (Å²) in [7, 11) is 0. The number of thioether (sulfide) groups is 1. The molecule has 2 aromatic carbocycles. The molecule has 0 radical (unpaired) electrons. The van der Waals surface area contributed by atoms with Crippen LogP contribution in [0, 0.1) is 19.7 Å². The Bertz CT molecular complexity index is 1150. The molecule has 2 aromatic heterocycles. The molecule has 4 rings (SSSR count). The fraction of sp³-hybridized carbons (Fsp3) is 0.208. The quantitative estimate of drug-likeness (QED) is 0.316. The fourth-order valence-corrected chi connectivity index (χ4v) is 5.02. The number of thiazole rings is 1. The van der Waals surface area contributed by atoms with Gasteiger partial charge in [-0.05, 0) is 73.5 Å². The average Bonchev–Trinajstić information content (AvgIpc) is 3.16. The number of amides is 1. The monoisotopic (exact) mass is 451 g/mol. The summed E-state index contributed by atoms with van der Waals surface area (Å²) in [4.78, 5) is 25.0. The fourth-order valence-electron chi connectivity index (χ4n) is 3.12. The maximum atomic E-state index is 13.2. The highest BCUT2D eigenvalue weighted by Crippen LogP contribution is 2.32. The van der Waals surface area contributed by atoms with Crippen molar-refractivity contribution in [1.29, 1.82) is 0 Å². The molecule has 0 spiro atoms. The predicted octanol–water partition coefficient (Wildman–Crippen LogP) is 6.16. The lowest BCUT2D eigenvalue weighted by atomic mass is 10.1. The van der Waals surface area contributed by atoms with Gasteiger partial charge in [-0.15, -0.1) is 11.8 Å². The number of rotatable bonds is 7. The lowest BCUT2D eigenvalue weighted by Gasteiger charge is -2.19. The van der Waals surface area contributed by atoms with E-state index in [1.807, 2.05) is 18.2 Å². The number of hydrogen-bond acceptors (Lipinski definition) is 5. The first-order valence-electron chi connectivity index (χ1n) is 9.96. The number of carbonyl (C=O) groups excluding carboxylic acids is 1. The SMILES string of the molecule is Cc1cc2nc(N(Cc3ccccn3)C(=O)CCSc3ccc(F)cc3)sc2cc1C. The summed E-state index contributed by atoms with van der Waals surface area (Å²) < 4.78 is 14.2. The van der Waals surface area contributed by atoms with Gasteiger partial charge in [0.05, 0.1) is 22.5 Å². The van der Waals surface area contributed by atoms with Crippen molar-refractivity contribution in [1.82, 2.24) is 9.97 Å².